The molecule has 4 rings (SSSR count). The molecule has 144 valence electrons. The van der Waals surface area contributed by atoms with E-state index in [1.54, 1.807) is 11.3 Å². The number of hydrogen-bond donors (Lipinski definition) is 1. The first-order valence-corrected chi connectivity index (χ1v) is 10.6. The molecule has 2 aromatic rings. The molecule has 2 aliphatic rings. The Kier molecular flexibility index (Phi) is 5.41. The number of benzene rings is 1. The van der Waals surface area contributed by atoms with Crippen molar-refractivity contribution in [3.05, 3.63) is 29.3 Å². The number of hydrogen-bond acceptors (Lipinski definition) is 5. The third kappa shape index (κ3) is 4.14. The maximum Gasteiger partial charge on any atom is 0.236 e. The van der Waals surface area contributed by atoms with E-state index in [0.717, 1.165) is 50.8 Å². The third-order valence-corrected chi connectivity index (χ3v) is 6.90. The molecule has 0 bridgehead atoms. The standard InChI is InChI=1S/C20H26N4O2S/c21-19(26)14-5-4-10-24(12-14)18(25)13-23-9-3-6-15(11-23)20-22-16-7-1-2-8-17(16)27-20/h1-2,7-8,14-15H,3-6,9-13H2,(H2,21,26)/t14-,15+/m0/s1. The Morgan fingerprint density at radius 1 is 1.15 bits per heavy atom. The molecule has 0 saturated carbocycles. The van der Waals surface area contributed by atoms with Crippen LogP contribution in [-0.4, -0.2) is 59.3 Å². The molecular weight excluding hydrogens is 360 g/mol. The first kappa shape index (κ1) is 18.4. The molecule has 2 atom stereocenters. The van der Waals surface area contributed by atoms with E-state index in [1.165, 1.54) is 9.71 Å². The lowest BCUT2D eigenvalue weighted by atomic mass is 9.97. The molecule has 0 radical (unpaired) electrons. The van der Waals surface area contributed by atoms with E-state index >= 15 is 0 Å². The van der Waals surface area contributed by atoms with Gasteiger partial charge < -0.3 is 10.6 Å². The van der Waals surface area contributed by atoms with Crippen LogP contribution in [0.1, 0.15) is 36.6 Å². The van der Waals surface area contributed by atoms with Crippen molar-refractivity contribution in [2.45, 2.75) is 31.6 Å². The van der Waals surface area contributed by atoms with Crippen LogP contribution in [0.4, 0.5) is 0 Å². The Morgan fingerprint density at radius 3 is 2.78 bits per heavy atom. The summed E-state index contributed by atoms with van der Waals surface area (Å²) in [5, 5.41) is 1.18. The second kappa shape index (κ2) is 7.94. The maximum atomic E-state index is 12.7. The Bertz CT molecular complexity index is 803. The Labute approximate surface area is 163 Å². The Morgan fingerprint density at radius 2 is 1.96 bits per heavy atom. The number of para-hydroxylation sites is 1. The summed E-state index contributed by atoms with van der Waals surface area (Å²) >= 11 is 1.77. The predicted molar refractivity (Wildman–Crippen MR) is 107 cm³/mol. The van der Waals surface area contributed by atoms with Crippen molar-refractivity contribution in [2.24, 2.45) is 11.7 Å². The van der Waals surface area contributed by atoms with E-state index in [-0.39, 0.29) is 17.7 Å². The maximum absolute atomic E-state index is 12.7. The molecule has 0 unspecified atom stereocenters. The van der Waals surface area contributed by atoms with Gasteiger partial charge in [-0.1, -0.05) is 12.1 Å². The number of primary amides is 1. The first-order valence-electron chi connectivity index (χ1n) is 9.75. The lowest BCUT2D eigenvalue weighted by Crippen LogP contribution is -2.48. The molecule has 2 N–H and O–H groups in total. The van der Waals surface area contributed by atoms with E-state index in [1.807, 2.05) is 17.0 Å². The Hall–Kier alpha value is -1.99. The molecule has 0 spiro atoms. The number of likely N-dealkylation sites (tertiary alicyclic amines) is 2. The van der Waals surface area contributed by atoms with Crippen LogP contribution >= 0.6 is 11.3 Å². The summed E-state index contributed by atoms with van der Waals surface area (Å²) in [4.78, 5) is 33.1. The van der Waals surface area contributed by atoms with Gasteiger partial charge in [0.15, 0.2) is 0 Å². The number of carbonyl (C=O) groups is 2. The van der Waals surface area contributed by atoms with Gasteiger partial charge in [0, 0.05) is 25.6 Å². The summed E-state index contributed by atoms with van der Waals surface area (Å²) in [7, 11) is 0. The summed E-state index contributed by atoms with van der Waals surface area (Å²) in [5.74, 6) is 0.0236. The van der Waals surface area contributed by atoms with Crippen LogP contribution < -0.4 is 5.73 Å². The highest BCUT2D eigenvalue weighted by Gasteiger charge is 2.30. The van der Waals surface area contributed by atoms with Gasteiger partial charge in [0.1, 0.15) is 0 Å². The number of nitrogens with zero attached hydrogens (tertiary/aromatic N) is 3. The van der Waals surface area contributed by atoms with Crippen molar-refractivity contribution in [3.63, 3.8) is 0 Å². The van der Waals surface area contributed by atoms with Gasteiger partial charge in [-0.05, 0) is 44.4 Å². The van der Waals surface area contributed by atoms with E-state index in [2.05, 4.69) is 17.0 Å². The minimum atomic E-state index is -0.290. The van der Waals surface area contributed by atoms with E-state index in [9.17, 15) is 9.59 Å². The number of carbonyl (C=O) groups excluding carboxylic acids is 2. The van der Waals surface area contributed by atoms with Gasteiger partial charge in [-0.15, -0.1) is 11.3 Å². The molecule has 7 heteroatoms. The average molecular weight is 387 g/mol. The molecule has 2 aliphatic heterocycles. The van der Waals surface area contributed by atoms with E-state index < -0.39 is 0 Å². The minimum absolute atomic E-state index is 0.117. The average Bonchev–Trinajstić information content (AvgIpc) is 3.12. The number of thiazole rings is 1. The van der Waals surface area contributed by atoms with Crippen LogP contribution in [0.2, 0.25) is 0 Å². The number of amides is 2. The molecule has 1 aromatic carbocycles. The van der Waals surface area contributed by atoms with Gasteiger partial charge in [-0.25, -0.2) is 4.98 Å². The normalized spacial score (nSPS) is 24.2. The lowest BCUT2D eigenvalue weighted by molar-refractivity contribution is -0.136. The van der Waals surface area contributed by atoms with Gasteiger partial charge >= 0.3 is 0 Å². The van der Waals surface area contributed by atoms with Crippen molar-refractivity contribution in [2.75, 3.05) is 32.7 Å². The highest BCUT2D eigenvalue weighted by atomic mass is 32.1. The van der Waals surface area contributed by atoms with Crippen molar-refractivity contribution in [3.8, 4) is 0 Å². The highest BCUT2D eigenvalue weighted by Crippen LogP contribution is 2.33. The zero-order chi connectivity index (χ0) is 18.8. The minimum Gasteiger partial charge on any atom is -0.369 e. The van der Waals surface area contributed by atoms with Crippen LogP contribution in [0, 0.1) is 5.92 Å². The number of aromatic nitrogens is 1. The molecule has 27 heavy (non-hydrogen) atoms. The summed E-state index contributed by atoms with van der Waals surface area (Å²) in [6.45, 7) is 3.45. The summed E-state index contributed by atoms with van der Waals surface area (Å²) in [6.07, 6.45) is 3.85. The number of piperidine rings is 2. The molecule has 6 nitrogen and oxygen atoms in total. The topological polar surface area (TPSA) is 79.5 Å². The van der Waals surface area contributed by atoms with Crippen LogP contribution in [0.25, 0.3) is 10.2 Å². The largest absolute Gasteiger partial charge is 0.369 e. The van der Waals surface area contributed by atoms with Crippen molar-refractivity contribution < 1.29 is 9.59 Å². The SMILES string of the molecule is NC(=O)[C@H]1CCCN(C(=O)CN2CCC[C@@H](c3nc4ccccc4s3)C2)C1. The van der Waals surface area contributed by atoms with Crippen LogP contribution in [0.5, 0.6) is 0 Å². The van der Waals surface area contributed by atoms with Crippen LogP contribution in [-0.2, 0) is 9.59 Å². The Balaban J connectivity index is 1.38. The molecule has 0 aliphatic carbocycles. The number of rotatable bonds is 4. The van der Waals surface area contributed by atoms with Crippen molar-refractivity contribution in [1.29, 1.82) is 0 Å². The van der Waals surface area contributed by atoms with Crippen molar-refractivity contribution >= 4 is 33.4 Å². The lowest BCUT2D eigenvalue weighted by Gasteiger charge is -2.35. The molecule has 2 saturated heterocycles. The monoisotopic (exact) mass is 386 g/mol. The fraction of sp³-hybridized carbons (Fsp3) is 0.550. The predicted octanol–water partition coefficient (Wildman–Crippen LogP) is 2.20. The fourth-order valence-corrected chi connectivity index (χ4v) is 5.29. The summed E-state index contributed by atoms with van der Waals surface area (Å²) < 4.78 is 1.23. The molecule has 3 heterocycles. The quantitative estimate of drug-likeness (QED) is 0.874. The number of nitrogens with two attached hydrogens (primary N) is 1. The molecule has 2 amide bonds. The van der Waals surface area contributed by atoms with Crippen LogP contribution in [0.3, 0.4) is 0 Å². The molecular formula is C20H26N4O2S. The van der Waals surface area contributed by atoms with E-state index in [0.29, 0.717) is 19.0 Å². The van der Waals surface area contributed by atoms with Crippen molar-refractivity contribution in [1.82, 2.24) is 14.8 Å². The van der Waals surface area contributed by atoms with Gasteiger partial charge in [0.2, 0.25) is 11.8 Å². The van der Waals surface area contributed by atoms with Crippen LogP contribution in [0.15, 0.2) is 24.3 Å². The highest BCUT2D eigenvalue weighted by molar-refractivity contribution is 7.18. The second-order valence-electron chi connectivity index (χ2n) is 7.68. The van der Waals surface area contributed by atoms with Gasteiger partial charge in [0.05, 0.1) is 27.7 Å². The zero-order valence-corrected chi connectivity index (χ0v) is 16.3. The van der Waals surface area contributed by atoms with Gasteiger partial charge in [-0.3, -0.25) is 14.5 Å². The molecule has 2 fully saturated rings. The zero-order valence-electron chi connectivity index (χ0n) is 15.5. The summed E-state index contributed by atoms with van der Waals surface area (Å²) in [5.41, 5.74) is 6.50. The molecule has 1 aromatic heterocycles. The van der Waals surface area contributed by atoms with Gasteiger partial charge in [0.25, 0.3) is 0 Å². The van der Waals surface area contributed by atoms with Gasteiger partial charge in [-0.2, -0.15) is 0 Å². The smallest absolute Gasteiger partial charge is 0.236 e. The van der Waals surface area contributed by atoms with E-state index in [4.69, 9.17) is 10.7 Å². The fourth-order valence-electron chi connectivity index (χ4n) is 4.19. The third-order valence-electron chi connectivity index (χ3n) is 5.70. The second-order valence-corrected chi connectivity index (χ2v) is 8.74. The number of fused-ring (bicyclic) bond motifs is 1. The first-order chi connectivity index (χ1) is 13.1. The summed E-state index contributed by atoms with van der Waals surface area (Å²) in [6, 6.07) is 8.25.